The van der Waals surface area contributed by atoms with Gasteiger partial charge in [-0.25, -0.2) is 4.79 Å². The van der Waals surface area contributed by atoms with Gasteiger partial charge in [-0.2, -0.15) is 5.10 Å². The first-order chi connectivity index (χ1) is 16.3. The number of fused-ring (bicyclic) bond motifs is 1. The second-order valence-electron chi connectivity index (χ2n) is 8.11. The van der Waals surface area contributed by atoms with E-state index in [1.807, 2.05) is 18.5 Å². The Morgan fingerprint density at radius 3 is 2.47 bits per heavy atom. The molecule has 0 unspecified atom stereocenters. The van der Waals surface area contributed by atoms with Gasteiger partial charge < -0.3 is 19.5 Å². The van der Waals surface area contributed by atoms with E-state index in [1.165, 1.54) is 0 Å². The van der Waals surface area contributed by atoms with E-state index >= 15 is 0 Å². The normalized spacial score (nSPS) is 11.0. The number of rotatable bonds is 8. The zero-order chi connectivity index (χ0) is 24.2. The topological polar surface area (TPSA) is 119 Å². The number of carbonyl (C=O) groups excluding carboxylic acids is 2. The number of aromatic nitrogens is 2. The Labute approximate surface area is 195 Å². The Bertz CT molecular complexity index is 1400. The first kappa shape index (κ1) is 23.0. The van der Waals surface area contributed by atoms with Crippen LogP contribution in [-0.2, 0) is 17.8 Å². The van der Waals surface area contributed by atoms with Crippen molar-refractivity contribution in [2.45, 2.75) is 46.6 Å². The van der Waals surface area contributed by atoms with Crippen LogP contribution in [0.1, 0.15) is 47.1 Å². The molecule has 0 fully saturated rings. The van der Waals surface area contributed by atoms with Crippen LogP contribution in [0.25, 0.3) is 11.2 Å². The lowest BCUT2D eigenvalue weighted by Crippen LogP contribution is -2.15. The zero-order valence-electron chi connectivity index (χ0n) is 19.3. The molecule has 4 aromatic rings. The molecular formula is C25H26N4O5. The highest BCUT2D eigenvalue weighted by Crippen LogP contribution is 2.21. The van der Waals surface area contributed by atoms with Crippen LogP contribution in [-0.4, -0.2) is 21.6 Å². The molecule has 0 aliphatic carbocycles. The fourth-order valence-electron chi connectivity index (χ4n) is 3.71. The van der Waals surface area contributed by atoms with Gasteiger partial charge in [0.1, 0.15) is 0 Å². The van der Waals surface area contributed by atoms with E-state index in [0.29, 0.717) is 28.0 Å². The fourth-order valence-corrected chi connectivity index (χ4v) is 3.71. The number of unbranched alkanes of at least 4 members (excludes halogenated alkanes) is 1. The molecule has 0 atom stereocenters. The number of aryl methyl sites for hydroxylation is 2. The van der Waals surface area contributed by atoms with Crippen LogP contribution in [0.4, 0.5) is 11.4 Å². The number of hydrogen-bond donors (Lipinski definition) is 2. The van der Waals surface area contributed by atoms with Crippen molar-refractivity contribution in [3.05, 3.63) is 75.6 Å². The smallest absolute Gasteiger partial charge is 0.391 e. The lowest BCUT2D eigenvalue weighted by atomic mass is 10.1. The third-order valence-corrected chi connectivity index (χ3v) is 5.53. The molecule has 34 heavy (non-hydrogen) atoms. The quantitative estimate of drug-likeness (QED) is 0.400. The summed E-state index contributed by atoms with van der Waals surface area (Å²) < 4.78 is 11.7. The predicted molar refractivity (Wildman–Crippen MR) is 128 cm³/mol. The summed E-state index contributed by atoms with van der Waals surface area (Å²) in [6.45, 7) is 6.77. The molecule has 0 aliphatic heterocycles. The summed E-state index contributed by atoms with van der Waals surface area (Å²) >= 11 is 0. The molecule has 0 bridgehead atoms. The minimum absolute atomic E-state index is 0.0909. The van der Waals surface area contributed by atoms with Gasteiger partial charge in [-0.1, -0.05) is 19.4 Å². The summed E-state index contributed by atoms with van der Waals surface area (Å²) in [5.74, 6) is -1.27. The first-order valence-corrected chi connectivity index (χ1v) is 11.1. The predicted octanol–water partition coefficient (Wildman–Crippen LogP) is 4.43. The van der Waals surface area contributed by atoms with E-state index < -0.39 is 5.82 Å². The summed E-state index contributed by atoms with van der Waals surface area (Å²) in [5.41, 5.74) is 4.78. The van der Waals surface area contributed by atoms with Crippen molar-refractivity contribution >= 4 is 34.4 Å². The molecule has 4 rings (SSSR count). The van der Waals surface area contributed by atoms with Gasteiger partial charge >= 0.3 is 5.82 Å². The number of amides is 2. The van der Waals surface area contributed by atoms with E-state index in [9.17, 15) is 14.4 Å². The van der Waals surface area contributed by atoms with Gasteiger partial charge in [0, 0.05) is 17.8 Å². The molecule has 9 heteroatoms. The van der Waals surface area contributed by atoms with Gasteiger partial charge in [0.2, 0.25) is 5.91 Å². The van der Waals surface area contributed by atoms with Crippen LogP contribution in [0.15, 0.2) is 56.1 Å². The van der Waals surface area contributed by atoms with Gasteiger partial charge in [-0.15, -0.1) is 0 Å². The van der Waals surface area contributed by atoms with Crippen molar-refractivity contribution in [2.75, 3.05) is 10.6 Å². The van der Waals surface area contributed by atoms with Crippen molar-refractivity contribution < 1.29 is 18.4 Å². The van der Waals surface area contributed by atoms with Gasteiger partial charge in [0.15, 0.2) is 11.2 Å². The SMILES string of the molecule is CCCCn1nc(C)c(NC(=O)c2ccc(NC(=O)Cc3ccc4oc(=O)oc4c3)cc2)c1C. The van der Waals surface area contributed by atoms with E-state index in [0.717, 1.165) is 36.5 Å². The fraction of sp³-hybridized carbons (Fsp3) is 0.280. The molecule has 2 N–H and O–H groups in total. The van der Waals surface area contributed by atoms with Crippen LogP contribution in [0.3, 0.4) is 0 Å². The number of benzene rings is 2. The van der Waals surface area contributed by atoms with E-state index in [4.69, 9.17) is 8.83 Å². The average Bonchev–Trinajstić information content (AvgIpc) is 3.30. The number of carbonyl (C=O) groups is 2. The molecule has 2 heterocycles. The Morgan fingerprint density at radius 1 is 1.00 bits per heavy atom. The number of hydrogen-bond acceptors (Lipinski definition) is 6. The van der Waals surface area contributed by atoms with Crippen molar-refractivity contribution in [1.29, 1.82) is 0 Å². The summed E-state index contributed by atoms with van der Waals surface area (Å²) in [5, 5.41) is 10.3. The molecule has 0 spiro atoms. The maximum Gasteiger partial charge on any atom is 0.519 e. The van der Waals surface area contributed by atoms with Crippen molar-refractivity contribution in [3.8, 4) is 0 Å². The molecule has 0 saturated carbocycles. The van der Waals surface area contributed by atoms with Crippen molar-refractivity contribution in [2.24, 2.45) is 0 Å². The average molecular weight is 463 g/mol. The highest BCUT2D eigenvalue weighted by Gasteiger charge is 2.15. The van der Waals surface area contributed by atoms with E-state index in [2.05, 4.69) is 22.7 Å². The molecule has 2 amide bonds. The van der Waals surface area contributed by atoms with Gasteiger partial charge in [-0.05, 0) is 62.2 Å². The minimum atomic E-state index is -0.781. The number of nitrogens with zero attached hydrogens (tertiary/aromatic N) is 2. The summed E-state index contributed by atoms with van der Waals surface area (Å²) in [4.78, 5) is 36.3. The van der Waals surface area contributed by atoms with Crippen molar-refractivity contribution in [3.63, 3.8) is 0 Å². The van der Waals surface area contributed by atoms with Crippen molar-refractivity contribution in [1.82, 2.24) is 9.78 Å². The van der Waals surface area contributed by atoms with E-state index in [-0.39, 0.29) is 18.2 Å². The third kappa shape index (κ3) is 5.09. The van der Waals surface area contributed by atoms with Crippen LogP contribution >= 0.6 is 0 Å². The van der Waals surface area contributed by atoms with Crippen LogP contribution in [0, 0.1) is 13.8 Å². The maximum absolute atomic E-state index is 12.8. The summed E-state index contributed by atoms with van der Waals surface area (Å²) in [7, 11) is 0. The molecule has 9 nitrogen and oxygen atoms in total. The largest absolute Gasteiger partial charge is 0.519 e. The van der Waals surface area contributed by atoms with Crippen LogP contribution in [0.2, 0.25) is 0 Å². The third-order valence-electron chi connectivity index (χ3n) is 5.53. The molecule has 176 valence electrons. The Morgan fingerprint density at radius 2 is 1.74 bits per heavy atom. The van der Waals surface area contributed by atoms with Gasteiger partial charge in [0.05, 0.1) is 23.5 Å². The second-order valence-corrected chi connectivity index (χ2v) is 8.11. The Kier molecular flexibility index (Phi) is 6.62. The lowest BCUT2D eigenvalue weighted by molar-refractivity contribution is -0.115. The second kappa shape index (κ2) is 9.78. The molecule has 0 aliphatic rings. The highest BCUT2D eigenvalue weighted by atomic mass is 16.6. The molecule has 2 aromatic carbocycles. The highest BCUT2D eigenvalue weighted by molar-refractivity contribution is 6.05. The minimum Gasteiger partial charge on any atom is -0.391 e. The summed E-state index contributed by atoms with van der Waals surface area (Å²) in [6, 6.07) is 11.6. The Balaban J connectivity index is 1.37. The molecule has 2 aromatic heterocycles. The summed E-state index contributed by atoms with van der Waals surface area (Å²) in [6.07, 6.45) is 2.19. The standard InChI is InChI=1S/C25H26N4O5/c1-4-5-12-29-16(3)23(15(2)28-29)27-24(31)18-7-9-19(10-8-18)26-22(30)14-17-6-11-20-21(13-17)34-25(32)33-20/h6-11,13H,4-5,12,14H2,1-3H3,(H,26,30)(H,27,31). The van der Waals surface area contributed by atoms with Crippen LogP contribution < -0.4 is 16.5 Å². The molecule has 0 radical (unpaired) electrons. The Hall–Kier alpha value is -4.14. The molecule has 0 saturated heterocycles. The first-order valence-electron chi connectivity index (χ1n) is 11.1. The van der Waals surface area contributed by atoms with Gasteiger partial charge in [0.25, 0.3) is 5.91 Å². The van der Waals surface area contributed by atoms with E-state index in [1.54, 1.807) is 42.5 Å². The number of anilines is 2. The number of nitrogens with one attached hydrogen (secondary N) is 2. The maximum atomic E-state index is 12.8. The zero-order valence-corrected chi connectivity index (χ0v) is 19.3. The molecular weight excluding hydrogens is 436 g/mol. The van der Waals surface area contributed by atoms with Crippen LogP contribution in [0.5, 0.6) is 0 Å². The lowest BCUT2D eigenvalue weighted by Gasteiger charge is -2.09. The van der Waals surface area contributed by atoms with Gasteiger partial charge in [-0.3, -0.25) is 14.3 Å². The monoisotopic (exact) mass is 462 g/mol.